The van der Waals surface area contributed by atoms with Gasteiger partial charge in [-0.25, -0.2) is 4.98 Å². The first-order chi connectivity index (χ1) is 7.66. The van der Waals surface area contributed by atoms with Crippen LogP contribution in [0.4, 0.5) is 0 Å². The largest absolute Gasteiger partial charge is 0.403 e. The Morgan fingerprint density at radius 3 is 2.94 bits per heavy atom. The number of aryl methyl sites for hydroxylation is 1. The molecule has 0 bridgehead atoms. The number of amidine groups is 1. The van der Waals surface area contributed by atoms with E-state index in [1.807, 2.05) is 0 Å². The van der Waals surface area contributed by atoms with Gasteiger partial charge in [0.05, 0.1) is 5.56 Å². The molecule has 7 nitrogen and oxygen atoms in total. The van der Waals surface area contributed by atoms with E-state index in [-0.39, 0.29) is 17.7 Å². The zero-order valence-electron chi connectivity index (χ0n) is 8.58. The predicted molar refractivity (Wildman–Crippen MR) is 56.3 cm³/mol. The summed E-state index contributed by atoms with van der Waals surface area (Å²) in [7, 11) is 1.73. The van der Waals surface area contributed by atoms with Crippen molar-refractivity contribution in [2.24, 2.45) is 12.8 Å². The molecule has 0 amide bonds. The van der Waals surface area contributed by atoms with Crippen molar-refractivity contribution in [2.45, 2.75) is 0 Å². The molecule has 2 rings (SSSR count). The third-order valence-corrected chi connectivity index (χ3v) is 1.83. The van der Waals surface area contributed by atoms with E-state index in [0.29, 0.717) is 5.56 Å². The molecule has 0 aliphatic rings. The van der Waals surface area contributed by atoms with Crippen molar-refractivity contribution in [3.63, 3.8) is 0 Å². The summed E-state index contributed by atoms with van der Waals surface area (Å²) in [6, 6.07) is 3.49. The quantitative estimate of drug-likeness (QED) is 0.569. The Kier molecular flexibility index (Phi) is 2.50. The van der Waals surface area contributed by atoms with E-state index in [1.54, 1.807) is 25.4 Å². The highest BCUT2D eigenvalue weighted by Crippen LogP contribution is 2.18. The van der Waals surface area contributed by atoms with E-state index in [1.165, 1.54) is 11.0 Å². The molecule has 0 unspecified atom stereocenters. The molecular formula is C9H10N6O. The van der Waals surface area contributed by atoms with Crippen molar-refractivity contribution in [3.05, 3.63) is 30.2 Å². The minimum atomic E-state index is -0.112. The topological polar surface area (TPSA) is 103 Å². The normalized spacial score (nSPS) is 10.1. The summed E-state index contributed by atoms with van der Waals surface area (Å²) in [6.45, 7) is 0. The van der Waals surface area contributed by atoms with E-state index in [4.69, 9.17) is 15.9 Å². The molecule has 7 heteroatoms. The Morgan fingerprint density at radius 2 is 2.31 bits per heavy atom. The number of nitrogen functional groups attached to an aromatic ring is 1. The molecule has 2 aromatic heterocycles. The third-order valence-electron chi connectivity index (χ3n) is 1.83. The van der Waals surface area contributed by atoms with Gasteiger partial charge in [0.1, 0.15) is 12.2 Å². The fourth-order valence-electron chi connectivity index (χ4n) is 1.13. The molecule has 0 saturated heterocycles. The molecule has 0 aromatic carbocycles. The number of nitrogens with one attached hydrogen (secondary N) is 1. The number of pyridine rings is 1. The van der Waals surface area contributed by atoms with Gasteiger partial charge in [0.15, 0.2) is 0 Å². The number of aromatic nitrogens is 4. The molecule has 0 radical (unpaired) electrons. The maximum absolute atomic E-state index is 7.36. The lowest BCUT2D eigenvalue weighted by Gasteiger charge is -2.04. The van der Waals surface area contributed by atoms with Crippen molar-refractivity contribution in [3.8, 4) is 11.9 Å². The van der Waals surface area contributed by atoms with Gasteiger partial charge in [-0.3, -0.25) is 10.1 Å². The smallest absolute Gasteiger partial charge is 0.342 e. The third kappa shape index (κ3) is 1.97. The SMILES string of the molecule is Cn1cnc(Oc2ncccc2C(=N)N)n1. The van der Waals surface area contributed by atoms with Crippen LogP contribution in [-0.2, 0) is 7.05 Å². The van der Waals surface area contributed by atoms with E-state index < -0.39 is 0 Å². The van der Waals surface area contributed by atoms with Crippen LogP contribution in [0.3, 0.4) is 0 Å². The lowest BCUT2D eigenvalue weighted by molar-refractivity contribution is 0.421. The lowest BCUT2D eigenvalue weighted by atomic mass is 10.2. The maximum Gasteiger partial charge on any atom is 0.342 e. The van der Waals surface area contributed by atoms with Crippen LogP contribution in [0.25, 0.3) is 0 Å². The Labute approximate surface area is 91.4 Å². The van der Waals surface area contributed by atoms with Crippen LogP contribution in [0.1, 0.15) is 5.56 Å². The van der Waals surface area contributed by atoms with Crippen LogP contribution < -0.4 is 10.5 Å². The van der Waals surface area contributed by atoms with Crippen LogP contribution in [0.5, 0.6) is 11.9 Å². The highest BCUT2D eigenvalue weighted by atomic mass is 16.5. The van der Waals surface area contributed by atoms with Crippen LogP contribution in [0.2, 0.25) is 0 Å². The number of nitrogens with two attached hydrogens (primary N) is 1. The van der Waals surface area contributed by atoms with Crippen LogP contribution in [0.15, 0.2) is 24.7 Å². The molecule has 0 aliphatic heterocycles. The lowest BCUT2D eigenvalue weighted by Crippen LogP contribution is -2.13. The Morgan fingerprint density at radius 1 is 1.50 bits per heavy atom. The average molecular weight is 218 g/mol. The van der Waals surface area contributed by atoms with Gasteiger partial charge in [-0.15, -0.1) is 5.10 Å². The van der Waals surface area contributed by atoms with Crippen LogP contribution in [0, 0.1) is 5.41 Å². The van der Waals surface area contributed by atoms with Crippen molar-refractivity contribution >= 4 is 5.84 Å². The maximum atomic E-state index is 7.36. The monoisotopic (exact) mass is 218 g/mol. The van der Waals surface area contributed by atoms with Crippen molar-refractivity contribution in [2.75, 3.05) is 0 Å². The van der Waals surface area contributed by atoms with E-state index in [9.17, 15) is 0 Å². The summed E-state index contributed by atoms with van der Waals surface area (Å²) in [5, 5.41) is 11.3. The second-order valence-corrected chi connectivity index (χ2v) is 3.07. The molecule has 82 valence electrons. The highest BCUT2D eigenvalue weighted by molar-refractivity contribution is 5.97. The molecule has 0 atom stereocenters. The summed E-state index contributed by atoms with van der Waals surface area (Å²) in [5.41, 5.74) is 5.80. The fraction of sp³-hybridized carbons (Fsp3) is 0.111. The molecule has 0 aliphatic carbocycles. The van der Waals surface area contributed by atoms with Crippen molar-refractivity contribution < 1.29 is 4.74 Å². The average Bonchev–Trinajstić information content (AvgIpc) is 2.64. The fourth-order valence-corrected chi connectivity index (χ4v) is 1.13. The Hall–Kier alpha value is -2.44. The number of hydrogen-bond donors (Lipinski definition) is 2. The Balaban J connectivity index is 2.31. The van der Waals surface area contributed by atoms with Gasteiger partial charge in [0, 0.05) is 13.2 Å². The first-order valence-electron chi connectivity index (χ1n) is 4.49. The minimum Gasteiger partial charge on any atom is -0.403 e. The van der Waals surface area contributed by atoms with Gasteiger partial charge in [-0.2, -0.15) is 4.98 Å². The molecule has 0 fully saturated rings. The van der Waals surface area contributed by atoms with Gasteiger partial charge in [-0.05, 0) is 12.1 Å². The van der Waals surface area contributed by atoms with Gasteiger partial charge in [0.2, 0.25) is 5.88 Å². The van der Waals surface area contributed by atoms with Gasteiger partial charge >= 0.3 is 6.01 Å². The molecule has 0 spiro atoms. The number of hydrogen-bond acceptors (Lipinski definition) is 5. The van der Waals surface area contributed by atoms with Gasteiger partial charge in [-0.1, -0.05) is 0 Å². The number of nitrogens with zero attached hydrogens (tertiary/aromatic N) is 4. The van der Waals surface area contributed by atoms with E-state index in [2.05, 4.69) is 15.1 Å². The molecule has 0 saturated carbocycles. The summed E-state index contributed by atoms with van der Waals surface area (Å²) < 4.78 is 6.82. The van der Waals surface area contributed by atoms with Crippen LogP contribution >= 0.6 is 0 Å². The van der Waals surface area contributed by atoms with Gasteiger partial charge in [0.25, 0.3) is 0 Å². The zero-order valence-corrected chi connectivity index (χ0v) is 8.58. The molecule has 2 heterocycles. The standard InChI is InChI=1S/C9H10N6O/c1-15-5-13-9(14-15)16-8-6(7(10)11)3-2-4-12-8/h2-5H,1H3,(H3,10,11). The molecule has 16 heavy (non-hydrogen) atoms. The highest BCUT2D eigenvalue weighted by Gasteiger charge is 2.10. The molecule has 3 N–H and O–H groups in total. The zero-order chi connectivity index (χ0) is 11.5. The molecular weight excluding hydrogens is 208 g/mol. The number of rotatable bonds is 3. The minimum absolute atomic E-state index is 0.112. The molecule has 2 aromatic rings. The summed E-state index contributed by atoms with van der Waals surface area (Å²) in [5.74, 6) is 0.111. The summed E-state index contributed by atoms with van der Waals surface area (Å²) in [6.07, 6.45) is 3.05. The van der Waals surface area contributed by atoms with E-state index >= 15 is 0 Å². The first-order valence-corrected chi connectivity index (χ1v) is 4.49. The van der Waals surface area contributed by atoms with Gasteiger partial charge < -0.3 is 10.5 Å². The van der Waals surface area contributed by atoms with Crippen molar-refractivity contribution in [1.82, 2.24) is 19.7 Å². The summed E-state index contributed by atoms with van der Waals surface area (Å²) >= 11 is 0. The van der Waals surface area contributed by atoms with E-state index in [0.717, 1.165) is 0 Å². The second kappa shape index (κ2) is 3.97. The summed E-state index contributed by atoms with van der Waals surface area (Å²) in [4.78, 5) is 7.86. The first kappa shape index (κ1) is 10.1. The van der Waals surface area contributed by atoms with Crippen LogP contribution in [-0.4, -0.2) is 25.6 Å². The predicted octanol–water partition coefficient (Wildman–Crippen LogP) is 0.286. The number of ether oxygens (including phenoxy) is 1. The second-order valence-electron chi connectivity index (χ2n) is 3.07. The Bertz CT molecular complexity index is 520. The van der Waals surface area contributed by atoms with Crippen molar-refractivity contribution in [1.29, 1.82) is 5.41 Å².